The zero-order chi connectivity index (χ0) is 13.9. The average Bonchev–Trinajstić information content (AvgIpc) is 2.30. The lowest BCUT2D eigenvalue weighted by atomic mass is 10.0. The van der Waals surface area contributed by atoms with Gasteiger partial charge in [-0.1, -0.05) is 12.1 Å². The summed E-state index contributed by atoms with van der Waals surface area (Å²) in [6.45, 7) is 4.80. The molecule has 0 aromatic heterocycles. The standard InChI is InChI=1S/C13H19NO3S/c1-9(2)18(16,17)12-7-5-11(6-8-12)13(14-4)10(3)15/h5-9,13-14H,1-4H3. The highest BCUT2D eigenvalue weighted by Gasteiger charge is 2.20. The molecule has 100 valence electrons. The van der Waals surface area contributed by atoms with E-state index in [2.05, 4.69) is 5.32 Å². The summed E-state index contributed by atoms with van der Waals surface area (Å²) in [7, 11) is -1.55. The van der Waals surface area contributed by atoms with Crippen LogP contribution in [0.4, 0.5) is 0 Å². The van der Waals surface area contributed by atoms with Gasteiger partial charge in [0.05, 0.1) is 16.2 Å². The number of hydrogen-bond acceptors (Lipinski definition) is 4. The third-order valence-electron chi connectivity index (χ3n) is 2.86. The third kappa shape index (κ3) is 2.97. The second-order valence-electron chi connectivity index (χ2n) is 4.50. The highest BCUT2D eigenvalue weighted by molar-refractivity contribution is 7.92. The lowest BCUT2D eigenvalue weighted by Gasteiger charge is -2.14. The largest absolute Gasteiger partial charge is 0.307 e. The monoisotopic (exact) mass is 269 g/mol. The molecule has 0 heterocycles. The van der Waals surface area contributed by atoms with Crippen molar-refractivity contribution in [2.75, 3.05) is 7.05 Å². The number of ketones is 1. The minimum absolute atomic E-state index is 0.00281. The number of benzene rings is 1. The maximum atomic E-state index is 11.9. The molecule has 0 saturated heterocycles. The number of likely N-dealkylation sites (N-methyl/N-ethyl adjacent to an activating group) is 1. The summed E-state index contributed by atoms with van der Waals surface area (Å²) in [4.78, 5) is 11.7. The van der Waals surface area contributed by atoms with E-state index >= 15 is 0 Å². The number of nitrogens with one attached hydrogen (secondary N) is 1. The van der Waals surface area contributed by atoms with Crippen LogP contribution in [0.25, 0.3) is 0 Å². The summed E-state index contributed by atoms with van der Waals surface area (Å²) < 4.78 is 23.9. The summed E-state index contributed by atoms with van der Waals surface area (Å²) in [5.41, 5.74) is 0.771. The summed E-state index contributed by atoms with van der Waals surface area (Å²) in [6, 6.07) is 6.08. The Hall–Kier alpha value is -1.20. The van der Waals surface area contributed by atoms with Gasteiger partial charge in [-0.3, -0.25) is 4.79 Å². The van der Waals surface area contributed by atoms with Crippen molar-refractivity contribution in [1.82, 2.24) is 5.32 Å². The number of Topliss-reactive ketones (excluding diaryl/α,β-unsaturated/α-hetero) is 1. The van der Waals surface area contributed by atoms with E-state index in [0.717, 1.165) is 5.56 Å². The second-order valence-corrected chi connectivity index (χ2v) is 7.00. The Kier molecular flexibility index (Phi) is 4.65. The van der Waals surface area contributed by atoms with Crippen LogP contribution in [0, 0.1) is 0 Å². The normalized spacial score (nSPS) is 13.6. The van der Waals surface area contributed by atoms with Crippen LogP contribution >= 0.6 is 0 Å². The summed E-state index contributed by atoms with van der Waals surface area (Å²) in [5, 5.41) is 2.45. The summed E-state index contributed by atoms with van der Waals surface area (Å²) in [5.74, 6) is -0.00281. The Balaban J connectivity index is 3.11. The van der Waals surface area contributed by atoms with Crippen LogP contribution in [0.3, 0.4) is 0 Å². The molecule has 1 aromatic carbocycles. The Morgan fingerprint density at radius 2 is 1.67 bits per heavy atom. The first kappa shape index (κ1) is 14.9. The van der Waals surface area contributed by atoms with Crippen LogP contribution in [-0.2, 0) is 14.6 Å². The topological polar surface area (TPSA) is 63.2 Å². The molecule has 0 spiro atoms. The predicted octanol–water partition coefficient (Wildman–Crippen LogP) is 1.72. The van der Waals surface area contributed by atoms with E-state index in [1.165, 1.54) is 6.92 Å². The molecule has 0 fully saturated rings. The van der Waals surface area contributed by atoms with Gasteiger partial charge in [0.2, 0.25) is 0 Å². The smallest absolute Gasteiger partial charge is 0.180 e. The molecule has 1 atom stereocenters. The van der Waals surface area contributed by atoms with Gasteiger partial charge in [-0.15, -0.1) is 0 Å². The highest BCUT2D eigenvalue weighted by atomic mass is 32.2. The molecule has 0 aliphatic carbocycles. The van der Waals surface area contributed by atoms with Crippen LogP contribution in [0.15, 0.2) is 29.2 Å². The number of sulfone groups is 1. The molecule has 18 heavy (non-hydrogen) atoms. The van der Waals surface area contributed by atoms with Crippen LogP contribution in [0.2, 0.25) is 0 Å². The van der Waals surface area contributed by atoms with Crippen molar-refractivity contribution < 1.29 is 13.2 Å². The molecule has 0 aliphatic rings. The Bertz CT molecular complexity index is 518. The zero-order valence-corrected chi connectivity index (χ0v) is 11.9. The van der Waals surface area contributed by atoms with Crippen molar-refractivity contribution >= 4 is 15.6 Å². The van der Waals surface area contributed by atoms with E-state index in [4.69, 9.17) is 0 Å². The number of hydrogen-bond donors (Lipinski definition) is 1. The molecule has 5 heteroatoms. The second kappa shape index (κ2) is 5.63. The van der Waals surface area contributed by atoms with Crippen molar-refractivity contribution in [1.29, 1.82) is 0 Å². The number of carbonyl (C=O) groups is 1. The van der Waals surface area contributed by atoms with Crippen LogP contribution in [0.5, 0.6) is 0 Å². The van der Waals surface area contributed by atoms with E-state index in [9.17, 15) is 13.2 Å². The van der Waals surface area contributed by atoms with Crippen molar-refractivity contribution in [3.8, 4) is 0 Å². The maximum Gasteiger partial charge on any atom is 0.180 e. The minimum Gasteiger partial charge on any atom is -0.307 e. The van der Waals surface area contributed by atoms with Gasteiger partial charge in [0.25, 0.3) is 0 Å². The predicted molar refractivity (Wildman–Crippen MR) is 71.2 cm³/mol. The molecule has 0 bridgehead atoms. The summed E-state index contributed by atoms with van der Waals surface area (Å²) in [6.07, 6.45) is 0. The van der Waals surface area contributed by atoms with Gasteiger partial charge in [0.15, 0.2) is 15.6 Å². The fourth-order valence-corrected chi connectivity index (χ4v) is 2.79. The van der Waals surface area contributed by atoms with Gasteiger partial charge < -0.3 is 5.32 Å². The average molecular weight is 269 g/mol. The first-order valence-electron chi connectivity index (χ1n) is 5.82. The first-order valence-corrected chi connectivity index (χ1v) is 7.37. The Morgan fingerprint density at radius 1 is 1.17 bits per heavy atom. The quantitative estimate of drug-likeness (QED) is 0.884. The van der Waals surface area contributed by atoms with E-state index in [1.54, 1.807) is 45.2 Å². The molecular weight excluding hydrogens is 250 g/mol. The van der Waals surface area contributed by atoms with Gasteiger partial charge in [0, 0.05) is 0 Å². The SMILES string of the molecule is CNC(C(C)=O)c1ccc(S(=O)(=O)C(C)C)cc1. The molecule has 0 aliphatic heterocycles. The van der Waals surface area contributed by atoms with Gasteiger partial charge >= 0.3 is 0 Å². The van der Waals surface area contributed by atoms with Crippen molar-refractivity contribution in [3.63, 3.8) is 0 Å². The lowest BCUT2D eigenvalue weighted by molar-refractivity contribution is -0.119. The molecule has 1 aromatic rings. The lowest BCUT2D eigenvalue weighted by Crippen LogP contribution is -2.23. The maximum absolute atomic E-state index is 11.9. The van der Waals surface area contributed by atoms with Crippen LogP contribution in [-0.4, -0.2) is 26.5 Å². The number of carbonyl (C=O) groups excluding carboxylic acids is 1. The molecule has 0 saturated carbocycles. The van der Waals surface area contributed by atoms with E-state index in [0.29, 0.717) is 4.90 Å². The molecule has 1 rings (SSSR count). The van der Waals surface area contributed by atoms with Crippen LogP contribution < -0.4 is 5.32 Å². The van der Waals surface area contributed by atoms with Gasteiger partial charge in [-0.2, -0.15) is 0 Å². The van der Waals surface area contributed by atoms with Crippen molar-refractivity contribution in [2.24, 2.45) is 0 Å². The van der Waals surface area contributed by atoms with Crippen molar-refractivity contribution in [3.05, 3.63) is 29.8 Å². The molecule has 0 radical (unpaired) electrons. The molecule has 0 amide bonds. The molecule has 1 N–H and O–H groups in total. The molecular formula is C13H19NO3S. The fraction of sp³-hybridized carbons (Fsp3) is 0.462. The van der Waals surface area contributed by atoms with Crippen LogP contribution in [0.1, 0.15) is 32.4 Å². The zero-order valence-electron chi connectivity index (χ0n) is 11.1. The highest BCUT2D eigenvalue weighted by Crippen LogP contribution is 2.20. The Morgan fingerprint density at radius 3 is 2.00 bits per heavy atom. The van der Waals surface area contributed by atoms with Gasteiger partial charge in [-0.05, 0) is 45.5 Å². The van der Waals surface area contributed by atoms with E-state index in [-0.39, 0.29) is 11.8 Å². The van der Waals surface area contributed by atoms with E-state index < -0.39 is 15.1 Å². The minimum atomic E-state index is -3.25. The molecule has 1 unspecified atom stereocenters. The van der Waals surface area contributed by atoms with E-state index in [1.807, 2.05) is 0 Å². The number of rotatable bonds is 5. The first-order chi connectivity index (χ1) is 8.30. The van der Waals surface area contributed by atoms with Crippen molar-refractivity contribution in [2.45, 2.75) is 37.0 Å². The molecule has 4 nitrogen and oxygen atoms in total. The fourth-order valence-electron chi connectivity index (χ4n) is 1.73. The van der Waals surface area contributed by atoms with Gasteiger partial charge in [-0.25, -0.2) is 8.42 Å². The third-order valence-corrected chi connectivity index (χ3v) is 5.03. The van der Waals surface area contributed by atoms with Gasteiger partial charge in [0.1, 0.15) is 0 Å². The Labute approximate surface area is 108 Å². The summed E-state index contributed by atoms with van der Waals surface area (Å²) >= 11 is 0.